The maximum Gasteiger partial charge on any atom is 0.330 e. The molecule has 0 saturated carbocycles. The first-order chi connectivity index (χ1) is 7.54. The molecule has 1 rings (SSSR count). The molecule has 1 aromatic heterocycles. The third kappa shape index (κ3) is 3.20. The van der Waals surface area contributed by atoms with Gasteiger partial charge in [0.1, 0.15) is 6.20 Å². The van der Waals surface area contributed by atoms with E-state index >= 15 is 0 Å². The number of nitro groups is 1. The summed E-state index contributed by atoms with van der Waals surface area (Å²) in [5.74, 6) is 0.277. The number of aromatic nitrogens is 2. The Labute approximate surface area is 93.5 Å². The van der Waals surface area contributed by atoms with Crippen LogP contribution >= 0.6 is 0 Å². The van der Waals surface area contributed by atoms with Crippen molar-refractivity contribution in [3.8, 4) is 0 Å². The molecular weight excluding hydrogens is 212 g/mol. The molecule has 0 amide bonds. The molecule has 0 aliphatic heterocycles. The molecule has 0 aromatic carbocycles. The van der Waals surface area contributed by atoms with Crippen molar-refractivity contribution in [3.63, 3.8) is 0 Å². The number of ether oxygens (including phenoxy) is 1. The molecule has 1 unspecified atom stereocenters. The summed E-state index contributed by atoms with van der Waals surface area (Å²) < 4.78 is 6.71. The van der Waals surface area contributed by atoms with Gasteiger partial charge in [0, 0.05) is 20.2 Å². The number of hydrogen-bond acceptors (Lipinski definition) is 5. The molecule has 0 aliphatic carbocycles. The number of rotatable bonds is 6. The first-order valence-corrected chi connectivity index (χ1v) is 5.08. The fourth-order valence-corrected chi connectivity index (χ4v) is 1.32. The second-order valence-electron chi connectivity index (χ2n) is 3.44. The molecule has 1 atom stereocenters. The Morgan fingerprint density at radius 1 is 1.75 bits per heavy atom. The average molecular weight is 228 g/mol. The quantitative estimate of drug-likeness (QED) is 0.583. The summed E-state index contributed by atoms with van der Waals surface area (Å²) in [6.45, 7) is 4.91. The molecule has 7 heteroatoms. The van der Waals surface area contributed by atoms with E-state index in [9.17, 15) is 10.1 Å². The van der Waals surface area contributed by atoms with Crippen LogP contribution in [0.15, 0.2) is 6.20 Å². The van der Waals surface area contributed by atoms with E-state index in [2.05, 4.69) is 10.4 Å². The maximum atomic E-state index is 10.7. The van der Waals surface area contributed by atoms with Crippen molar-refractivity contribution < 1.29 is 9.66 Å². The van der Waals surface area contributed by atoms with E-state index in [-0.39, 0.29) is 17.6 Å². The predicted octanol–water partition coefficient (Wildman–Crippen LogP) is 1.17. The lowest BCUT2D eigenvalue weighted by Crippen LogP contribution is -2.20. The van der Waals surface area contributed by atoms with E-state index < -0.39 is 4.92 Å². The molecule has 1 aromatic rings. The highest BCUT2D eigenvalue weighted by molar-refractivity contribution is 5.54. The highest BCUT2D eigenvalue weighted by Crippen LogP contribution is 2.21. The highest BCUT2D eigenvalue weighted by Gasteiger charge is 2.18. The fourth-order valence-electron chi connectivity index (χ4n) is 1.32. The second-order valence-corrected chi connectivity index (χ2v) is 3.44. The number of nitrogens with zero attached hydrogens (tertiary/aromatic N) is 3. The molecule has 7 nitrogen and oxygen atoms in total. The average Bonchev–Trinajstić information content (AvgIpc) is 2.57. The SMILES string of the molecule is CCOC(C)CNc1nn(C)cc1[N+](=O)[O-]. The third-order valence-corrected chi connectivity index (χ3v) is 2.01. The van der Waals surface area contributed by atoms with Crippen LogP contribution in [0.2, 0.25) is 0 Å². The van der Waals surface area contributed by atoms with Crippen molar-refractivity contribution in [3.05, 3.63) is 16.3 Å². The third-order valence-electron chi connectivity index (χ3n) is 2.01. The lowest BCUT2D eigenvalue weighted by molar-refractivity contribution is -0.384. The Morgan fingerprint density at radius 2 is 2.44 bits per heavy atom. The van der Waals surface area contributed by atoms with Crippen molar-refractivity contribution in [2.75, 3.05) is 18.5 Å². The van der Waals surface area contributed by atoms with Crippen LogP contribution in [0.5, 0.6) is 0 Å². The summed E-state index contributed by atoms with van der Waals surface area (Å²) in [7, 11) is 1.64. The minimum atomic E-state index is -0.458. The number of hydrogen-bond donors (Lipinski definition) is 1. The van der Waals surface area contributed by atoms with E-state index in [1.54, 1.807) is 7.05 Å². The highest BCUT2D eigenvalue weighted by atomic mass is 16.6. The van der Waals surface area contributed by atoms with Crippen molar-refractivity contribution in [2.24, 2.45) is 7.05 Å². The molecule has 1 N–H and O–H groups in total. The topological polar surface area (TPSA) is 82.2 Å². The lowest BCUT2D eigenvalue weighted by Gasteiger charge is -2.11. The number of nitrogens with one attached hydrogen (secondary N) is 1. The minimum Gasteiger partial charge on any atom is -0.377 e. The molecule has 0 spiro atoms. The summed E-state index contributed by atoms with van der Waals surface area (Å²) in [6, 6.07) is 0. The first-order valence-electron chi connectivity index (χ1n) is 5.08. The Hall–Kier alpha value is -1.63. The van der Waals surface area contributed by atoms with Crippen molar-refractivity contribution in [2.45, 2.75) is 20.0 Å². The van der Waals surface area contributed by atoms with E-state index in [0.717, 1.165) is 0 Å². The van der Waals surface area contributed by atoms with E-state index in [1.807, 2.05) is 13.8 Å². The van der Waals surface area contributed by atoms with Crippen LogP contribution < -0.4 is 5.32 Å². The monoisotopic (exact) mass is 228 g/mol. The normalized spacial score (nSPS) is 12.4. The van der Waals surface area contributed by atoms with E-state index in [4.69, 9.17) is 4.74 Å². The van der Waals surface area contributed by atoms with Crippen LogP contribution in [0.25, 0.3) is 0 Å². The predicted molar refractivity (Wildman–Crippen MR) is 59.4 cm³/mol. The maximum absolute atomic E-state index is 10.7. The first kappa shape index (κ1) is 12.4. The van der Waals surface area contributed by atoms with Crippen molar-refractivity contribution in [1.82, 2.24) is 9.78 Å². The van der Waals surface area contributed by atoms with Gasteiger partial charge in [0.25, 0.3) is 0 Å². The molecule has 90 valence electrons. The van der Waals surface area contributed by atoms with Crippen molar-refractivity contribution in [1.29, 1.82) is 0 Å². The molecule has 0 bridgehead atoms. The molecular formula is C9H16N4O3. The summed E-state index contributed by atoms with van der Waals surface area (Å²) in [6.07, 6.45) is 1.36. The van der Waals surface area contributed by atoms with Crippen LogP contribution in [0.1, 0.15) is 13.8 Å². The largest absolute Gasteiger partial charge is 0.377 e. The molecule has 16 heavy (non-hydrogen) atoms. The zero-order valence-corrected chi connectivity index (χ0v) is 9.64. The van der Waals surface area contributed by atoms with Gasteiger partial charge in [-0.05, 0) is 13.8 Å². The number of aryl methyl sites for hydroxylation is 1. The second kappa shape index (κ2) is 5.45. The van der Waals surface area contributed by atoms with Crippen molar-refractivity contribution >= 4 is 11.5 Å². The van der Waals surface area contributed by atoms with Gasteiger partial charge in [0.15, 0.2) is 0 Å². The molecule has 1 heterocycles. The van der Waals surface area contributed by atoms with Crippen LogP contribution in [-0.2, 0) is 11.8 Å². The zero-order chi connectivity index (χ0) is 12.1. The summed E-state index contributed by atoms with van der Waals surface area (Å²) >= 11 is 0. The van der Waals surface area contributed by atoms with Crippen LogP contribution in [0.3, 0.4) is 0 Å². The lowest BCUT2D eigenvalue weighted by atomic mass is 10.4. The van der Waals surface area contributed by atoms with Gasteiger partial charge in [-0.3, -0.25) is 14.8 Å². The Balaban J connectivity index is 2.62. The zero-order valence-electron chi connectivity index (χ0n) is 9.64. The molecule has 0 aliphatic rings. The molecule has 0 radical (unpaired) electrons. The standard InChI is InChI=1S/C9H16N4O3/c1-4-16-7(2)5-10-9-8(13(14)15)6-12(3)11-9/h6-7H,4-5H2,1-3H3,(H,10,11). The van der Waals surface area contributed by atoms with Gasteiger partial charge in [0.05, 0.1) is 11.0 Å². The smallest absolute Gasteiger partial charge is 0.330 e. The van der Waals surface area contributed by atoms with Gasteiger partial charge in [-0.25, -0.2) is 0 Å². The fraction of sp³-hybridized carbons (Fsp3) is 0.667. The number of anilines is 1. The molecule has 0 fully saturated rings. The Morgan fingerprint density at radius 3 is 3.00 bits per heavy atom. The summed E-state index contributed by atoms with van der Waals surface area (Å²) in [4.78, 5) is 10.2. The summed E-state index contributed by atoms with van der Waals surface area (Å²) in [5, 5.41) is 17.6. The Kier molecular flexibility index (Phi) is 4.24. The minimum absolute atomic E-state index is 0.00777. The van der Waals surface area contributed by atoms with Crippen LogP contribution in [0.4, 0.5) is 11.5 Å². The van der Waals surface area contributed by atoms with E-state index in [1.165, 1.54) is 10.9 Å². The van der Waals surface area contributed by atoms with E-state index in [0.29, 0.717) is 13.2 Å². The van der Waals surface area contributed by atoms with Gasteiger partial charge in [-0.1, -0.05) is 0 Å². The van der Waals surface area contributed by atoms with Gasteiger partial charge in [-0.2, -0.15) is 0 Å². The summed E-state index contributed by atoms with van der Waals surface area (Å²) in [5.41, 5.74) is -0.0220. The van der Waals surface area contributed by atoms with Gasteiger partial charge in [0.2, 0.25) is 5.82 Å². The van der Waals surface area contributed by atoms with Gasteiger partial charge in [-0.15, -0.1) is 5.10 Å². The van der Waals surface area contributed by atoms with Gasteiger partial charge >= 0.3 is 5.69 Å². The van der Waals surface area contributed by atoms with Crippen LogP contribution in [0, 0.1) is 10.1 Å². The Bertz CT molecular complexity index is 364. The molecule has 0 saturated heterocycles. The van der Waals surface area contributed by atoms with Gasteiger partial charge < -0.3 is 10.1 Å². The van der Waals surface area contributed by atoms with Crippen LogP contribution in [-0.4, -0.2) is 34.0 Å².